The number of hydrogen-bond donors (Lipinski definition) is 0. The minimum Gasteiger partial charge on any atom is -0.456 e. The van der Waals surface area contributed by atoms with E-state index in [1.165, 1.54) is 6.08 Å². The van der Waals surface area contributed by atoms with Crippen molar-refractivity contribution in [1.82, 2.24) is 0 Å². The van der Waals surface area contributed by atoms with Crippen LogP contribution >= 0.6 is 0 Å². The van der Waals surface area contributed by atoms with Gasteiger partial charge >= 0.3 is 5.97 Å². The topological polar surface area (TPSA) is 43.4 Å². The van der Waals surface area contributed by atoms with Gasteiger partial charge in [-0.15, -0.1) is 0 Å². The maximum Gasteiger partial charge on any atom is 0.330 e. The van der Waals surface area contributed by atoms with E-state index in [1.54, 1.807) is 0 Å². The van der Waals surface area contributed by atoms with Gasteiger partial charge in [0.25, 0.3) is 0 Å². The number of ketones is 1. The fourth-order valence-corrected chi connectivity index (χ4v) is 2.02. The van der Waals surface area contributed by atoms with Crippen LogP contribution in [0.2, 0.25) is 0 Å². The van der Waals surface area contributed by atoms with Crippen LogP contribution in [0.5, 0.6) is 0 Å². The number of ether oxygens (including phenoxy) is 1. The zero-order valence-electron chi connectivity index (χ0n) is 9.41. The number of esters is 1. The van der Waals surface area contributed by atoms with Gasteiger partial charge in [0.1, 0.15) is 11.4 Å². The fraction of sp³-hybridized carbons (Fsp3) is 0.667. The zero-order valence-corrected chi connectivity index (χ0v) is 9.41. The highest BCUT2D eigenvalue weighted by atomic mass is 16.6. The van der Waals surface area contributed by atoms with Crippen molar-refractivity contribution in [2.75, 3.05) is 0 Å². The van der Waals surface area contributed by atoms with Gasteiger partial charge in [-0.1, -0.05) is 6.58 Å². The predicted molar refractivity (Wildman–Crippen MR) is 57.3 cm³/mol. The maximum atomic E-state index is 11.1. The molecule has 0 aliphatic heterocycles. The molecule has 0 N–H and O–H groups in total. The summed E-state index contributed by atoms with van der Waals surface area (Å²) in [5.41, 5.74) is -0.494. The minimum absolute atomic E-state index is 0.277. The number of Topliss-reactive ketones (excluding diaryl/α,β-unsaturated/α-hetero) is 1. The van der Waals surface area contributed by atoms with E-state index in [0.717, 1.165) is 12.8 Å². The zero-order chi connectivity index (χ0) is 11.5. The first-order valence-corrected chi connectivity index (χ1v) is 5.33. The normalized spacial score (nSPS) is 18.7. The van der Waals surface area contributed by atoms with E-state index in [-0.39, 0.29) is 5.92 Å². The Labute approximate surface area is 90.5 Å². The van der Waals surface area contributed by atoms with E-state index < -0.39 is 11.6 Å². The third-order valence-electron chi connectivity index (χ3n) is 3.06. The highest BCUT2D eigenvalue weighted by Crippen LogP contribution is 2.33. The molecule has 0 radical (unpaired) electrons. The molecule has 0 spiro atoms. The van der Waals surface area contributed by atoms with Crippen molar-refractivity contribution >= 4 is 11.8 Å². The summed E-state index contributed by atoms with van der Waals surface area (Å²) in [5, 5.41) is 0. The molecule has 0 aromatic carbocycles. The standard InChI is InChI=1S/C12H18O3/c1-4-11(14)15-12(2,3)9-5-7-10(13)8-6-9/h4,9H,1,5-8H2,2-3H3. The first-order chi connectivity index (χ1) is 6.95. The number of hydrogen-bond acceptors (Lipinski definition) is 3. The summed E-state index contributed by atoms with van der Waals surface area (Å²) < 4.78 is 5.29. The van der Waals surface area contributed by atoms with Gasteiger partial charge < -0.3 is 4.74 Å². The van der Waals surface area contributed by atoms with Gasteiger partial charge in [0.15, 0.2) is 0 Å². The van der Waals surface area contributed by atoms with Gasteiger partial charge in [-0.05, 0) is 32.6 Å². The van der Waals surface area contributed by atoms with E-state index in [1.807, 2.05) is 13.8 Å². The lowest BCUT2D eigenvalue weighted by Crippen LogP contribution is -2.38. The Bertz CT molecular complexity index is 269. The molecule has 1 aliphatic rings. The van der Waals surface area contributed by atoms with Crippen molar-refractivity contribution in [3.05, 3.63) is 12.7 Å². The van der Waals surface area contributed by atoms with Crippen molar-refractivity contribution in [3.8, 4) is 0 Å². The van der Waals surface area contributed by atoms with E-state index in [9.17, 15) is 9.59 Å². The minimum atomic E-state index is -0.494. The molecule has 0 bridgehead atoms. The van der Waals surface area contributed by atoms with Crippen LogP contribution in [0.15, 0.2) is 12.7 Å². The Morgan fingerprint density at radius 3 is 2.47 bits per heavy atom. The van der Waals surface area contributed by atoms with Crippen LogP contribution in [0, 0.1) is 5.92 Å². The molecule has 1 fully saturated rings. The van der Waals surface area contributed by atoms with Gasteiger partial charge in [0.05, 0.1) is 0 Å². The summed E-state index contributed by atoms with van der Waals surface area (Å²) in [6, 6.07) is 0. The molecule has 0 saturated heterocycles. The van der Waals surface area contributed by atoms with Crippen LogP contribution in [0.3, 0.4) is 0 Å². The van der Waals surface area contributed by atoms with Gasteiger partial charge in [0, 0.05) is 18.9 Å². The van der Waals surface area contributed by atoms with Crippen LogP contribution in [0.1, 0.15) is 39.5 Å². The summed E-state index contributed by atoms with van der Waals surface area (Å²) in [5.74, 6) is 0.202. The monoisotopic (exact) mass is 210 g/mol. The number of carbonyl (C=O) groups is 2. The summed E-state index contributed by atoms with van der Waals surface area (Å²) in [6.07, 6.45) is 4.03. The third kappa shape index (κ3) is 3.18. The second-order valence-electron chi connectivity index (χ2n) is 4.54. The van der Waals surface area contributed by atoms with Crippen LogP contribution in [0.4, 0.5) is 0 Å². The first-order valence-electron chi connectivity index (χ1n) is 5.33. The summed E-state index contributed by atoms with van der Waals surface area (Å²) >= 11 is 0. The van der Waals surface area contributed by atoms with Gasteiger partial charge in [-0.25, -0.2) is 4.79 Å². The van der Waals surface area contributed by atoms with Crippen molar-refractivity contribution in [3.63, 3.8) is 0 Å². The van der Waals surface area contributed by atoms with Gasteiger partial charge in [-0.3, -0.25) is 4.79 Å². The van der Waals surface area contributed by atoms with E-state index in [2.05, 4.69) is 6.58 Å². The molecular weight excluding hydrogens is 192 g/mol. The lowest BCUT2D eigenvalue weighted by Gasteiger charge is -2.35. The van der Waals surface area contributed by atoms with Crippen LogP contribution in [0.25, 0.3) is 0 Å². The SMILES string of the molecule is C=CC(=O)OC(C)(C)C1CCC(=O)CC1. The Morgan fingerprint density at radius 1 is 1.47 bits per heavy atom. The smallest absolute Gasteiger partial charge is 0.330 e. The molecule has 1 saturated carbocycles. The molecule has 0 unspecified atom stereocenters. The fourth-order valence-electron chi connectivity index (χ4n) is 2.02. The predicted octanol–water partition coefficient (Wildman–Crippen LogP) is 2.25. The molecule has 1 aliphatic carbocycles. The molecule has 3 heteroatoms. The van der Waals surface area contributed by atoms with Crippen molar-refractivity contribution in [2.24, 2.45) is 5.92 Å². The molecule has 1 rings (SSSR count). The van der Waals surface area contributed by atoms with Crippen molar-refractivity contribution in [2.45, 2.75) is 45.1 Å². The van der Waals surface area contributed by atoms with Crippen molar-refractivity contribution < 1.29 is 14.3 Å². The molecule has 0 atom stereocenters. The number of carbonyl (C=O) groups excluding carboxylic acids is 2. The average Bonchev–Trinajstić information content (AvgIpc) is 2.17. The average molecular weight is 210 g/mol. The lowest BCUT2D eigenvalue weighted by molar-refractivity contribution is -0.156. The molecular formula is C12H18O3. The highest BCUT2D eigenvalue weighted by molar-refractivity contribution is 5.81. The second-order valence-corrected chi connectivity index (χ2v) is 4.54. The molecule has 0 aromatic rings. The quantitative estimate of drug-likeness (QED) is 0.530. The Kier molecular flexibility index (Phi) is 3.66. The molecule has 3 nitrogen and oxygen atoms in total. The number of rotatable bonds is 3. The second kappa shape index (κ2) is 4.60. The maximum absolute atomic E-state index is 11.1. The third-order valence-corrected chi connectivity index (χ3v) is 3.06. The molecule has 0 aromatic heterocycles. The van der Waals surface area contributed by atoms with Gasteiger partial charge in [-0.2, -0.15) is 0 Å². The van der Waals surface area contributed by atoms with E-state index in [4.69, 9.17) is 4.74 Å². The molecule has 15 heavy (non-hydrogen) atoms. The molecule has 84 valence electrons. The lowest BCUT2D eigenvalue weighted by atomic mass is 9.78. The Balaban J connectivity index is 2.56. The molecule has 0 heterocycles. The van der Waals surface area contributed by atoms with E-state index in [0.29, 0.717) is 18.6 Å². The first kappa shape index (κ1) is 12.0. The van der Waals surface area contributed by atoms with Crippen LogP contribution in [-0.2, 0) is 14.3 Å². The summed E-state index contributed by atoms with van der Waals surface area (Å²) in [7, 11) is 0. The van der Waals surface area contributed by atoms with Crippen LogP contribution < -0.4 is 0 Å². The summed E-state index contributed by atoms with van der Waals surface area (Å²) in [6.45, 7) is 7.17. The highest BCUT2D eigenvalue weighted by Gasteiger charge is 2.35. The Hall–Kier alpha value is -1.12. The summed E-state index contributed by atoms with van der Waals surface area (Å²) in [4.78, 5) is 22.2. The Morgan fingerprint density at radius 2 is 2.00 bits per heavy atom. The van der Waals surface area contributed by atoms with Crippen molar-refractivity contribution in [1.29, 1.82) is 0 Å². The van der Waals surface area contributed by atoms with E-state index >= 15 is 0 Å². The molecule has 0 amide bonds. The van der Waals surface area contributed by atoms with Gasteiger partial charge in [0.2, 0.25) is 0 Å². The largest absolute Gasteiger partial charge is 0.456 e. The van der Waals surface area contributed by atoms with Crippen LogP contribution in [-0.4, -0.2) is 17.4 Å².